The van der Waals surface area contributed by atoms with Crippen molar-refractivity contribution in [3.63, 3.8) is 0 Å². The van der Waals surface area contributed by atoms with Crippen LogP contribution in [0.2, 0.25) is 5.02 Å². The molecule has 0 aliphatic rings. The van der Waals surface area contributed by atoms with Gasteiger partial charge in [-0.3, -0.25) is 9.88 Å². The fraction of sp³-hybridized carbons (Fsp3) is 0.286. The van der Waals surface area contributed by atoms with Gasteiger partial charge in [-0.2, -0.15) is 0 Å². The average molecular weight is 459 g/mol. The molecular weight excluding hydrogens is 436 g/mol. The van der Waals surface area contributed by atoms with E-state index in [2.05, 4.69) is 46.4 Å². The molecule has 1 N–H and O–H groups in total. The van der Waals surface area contributed by atoms with Crippen molar-refractivity contribution in [2.24, 2.45) is 0 Å². The van der Waals surface area contributed by atoms with Crippen LogP contribution in [-0.2, 0) is 0 Å². The first-order chi connectivity index (χ1) is 13.1. The molecule has 0 saturated carbocycles. The smallest absolute Gasteiger partial charge is 0.0737 e. The third-order valence-electron chi connectivity index (χ3n) is 4.64. The third kappa shape index (κ3) is 5.65. The minimum Gasteiger partial charge on any atom is -0.355 e. The number of hydrogen-bond acceptors (Lipinski definition) is 3. The second-order valence-electron chi connectivity index (χ2n) is 6.36. The van der Waals surface area contributed by atoms with Crippen LogP contribution in [-0.4, -0.2) is 34.7 Å². The number of alkyl halides is 2. The van der Waals surface area contributed by atoms with E-state index >= 15 is 0 Å². The molecule has 1 atom stereocenters. The molecule has 28 heavy (non-hydrogen) atoms. The summed E-state index contributed by atoms with van der Waals surface area (Å²) < 4.78 is 0. The van der Waals surface area contributed by atoms with Crippen LogP contribution >= 0.6 is 47.2 Å². The number of hydrogen-bond donors (Lipinski definition) is 1. The van der Waals surface area contributed by atoms with Gasteiger partial charge in [-0.25, -0.2) is 0 Å². The van der Waals surface area contributed by atoms with Crippen molar-refractivity contribution in [3.05, 3.63) is 65.3 Å². The molecule has 1 heterocycles. The van der Waals surface area contributed by atoms with Crippen LogP contribution in [0.25, 0.3) is 10.9 Å². The highest BCUT2D eigenvalue weighted by Crippen LogP contribution is 2.29. The Morgan fingerprint density at radius 1 is 1.04 bits per heavy atom. The van der Waals surface area contributed by atoms with Crippen molar-refractivity contribution in [1.29, 1.82) is 0 Å². The molecule has 0 amide bonds. The van der Waals surface area contributed by atoms with Crippen molar-refractivity contribution in [1.82, 2.24) is 9.88 Å². The number of aromatic nitrogens is 1. The summed E-state index contributed by atoms with van der Waals surface area (Å²) in [4.78, 5) is 6.69. The molecular formula is C21H23Cl4N3. The van der Waals surface area contributed by atoms with Crippen LogP contribution in [0.3, 0.4) is 0 Å². The van der Waals surface area contributed by atoms with Crippen LogP contribution in [0, 0.1) is 0 Å². The SMILES string of the molecule is CC(c1cccc(Nc2ccnc3cc(Cl)ccc23)c1)N(CCCl)CCCl.Cl. The lowest BCUT2D eigenvalue weighted by molar-refractivity contribution is 0.237. The van der Waals surface area contributed by atoms with E-state index in [9.17, 15) is 0 Å². The molecule has 150 valence electrons. The first-order valence-electron chi connectivity index (χ1n) is 8.89. The highest BCUT2D eigenvalue weighted by molar-refractivity contribution is 6.31. The minimum absolute atomic E-state index is 0. The highest BCUT2D eigenvalue weighted by atomic mass is 35.5. The highest BCUT2D eigenvalue weighted by Gasteiger charge is 2.15. The van der Waals surface area contributed by atoms with E-state index in [1.165, 1.54) is 5.56 Å². The second-order valence-corrected chi connectivity index (χ2v) is 7.55. The Balaban J connectivity index is 0.00000280. The van der Waals surface area contributed by atoms with Crippen LogP contribution in [0.1, 0.15) is 18.5 Å². The summed E-state index contributed by atoms with van der Waals surface area (Å²) in [5.41, 5.74) is 4.11. The fourth-order valence-corrected chi connectivity index (χ4v) is 3.79. The zero-order chi connectivity index (χ0) is 19.2. The van der Waals surface area contributed by atoms with E-state index in [-0.39, 0.29) is 18.4 Å². The lowest BCUT2D eigenvalue weighted by atomic mass is 10.1. The number of pyridine rings is 1. The monoisotopic (exact) mass is 457 g/mol. The van der Waals surface area contributed by atoms with E-state index in [1.807, 2.05) is 24.3 Å². The summed E-state index contributed by atoms with van der Waals surface area (Å²) in [6.07, 6.45) is 1.79. The van der Waals surface area contributed by atoms with Crippen molar-refractivity contribution in [3.8, 4) is 0 Å². The summed E-state index contributed by atoms with van der Waals surface area (Å²) >= 11 is 18.0. The number of rotatable bonds is 8. The molecule has 0 radical (unpaired) electrons. The molecule has 0 spiro atoms. The van der Waals surface area contributed by atoms with Gasteiger partial charge in [0.2, 0.25) is 0 Å². The van der Waals surface area contributed by atoms with Gasteiger partial charge in [-0.05, 0) is 48.9 Å². The molecule has 0 fully saturated rings. The topological polar surface area (TPSA) is 28.2 Å². The van der Waals surface area contributed by atoms with Gasteiger partial charge in [0.15, 0.2) is 0 Å². The predicted octanol–water partition coefficient (Wildman–Crippen LogP) is 6.89. The Kier molecular flexibility index (Phi) is 9.13. The lowest BCUT2D eigenvalue weighted by Gasteiger charge is -2.28. The maximum atomic E-state index is 6.08. The quantitative estimate of drug-likeness (QED) is 0.372. The summed E-state index contributed by atoms with van der Waals surface area (Å²) in [6, 6.07) is 16.4. The Hall–Kier alpha value is -1.23. The second kappa shape index (κ2) is 11.1. The molecule has 2 aromatic carbocycles. The Morgan fingerprint density at radius 3 is 2.50 bits per heavy atom. The van der Waals surface area contributed by atoms with Crippen LogP contribution < -0.4 is 5.32 Å². The third-order valence-corrected chi connectivity index (χ3v) is 5.22. The molecule has 3 nitrogen and oxygen atoms in total. The summed E-state index contributed by atoms with van der Waals surface area (Å²) in [6.45, 7) is 3.80. The van der Waals surface area contributed by atoms with Gasteiger partial charge in [0, 0.05) is 58.9 Å². The first kappa shape index (κ1) is 23.1. The Labute approximate surface area is 187 Å². The molecule has 3 rings (SSSR count). The zero-order valence-electron chi connectivity index (χ0n) is 15.5. The van der Waals surface area contributed by atoms with Crippen molar-refractivity contribution in [2.45, 2.75) is 13.0 Å². The number of benzene rings is 2. The van der Waals surface area contributed by atoms with E-state index in [0.717, 1.165) is 35.4 Å². The predicted molar refractivity (Wildman–Crippen MR) is 125 cm³/mol. The molecule has 0 aliphatic heterocycles. The van der Waals surface area contributed by atoms with Gasteiger partial charge in [0.05, 0.1) is 5.52 Å². The number of fused-ring (bicyclic) bond motifs is 1. The minimum atomic E-state index is 0. The molecule has 0 bridgehead atoms. The van der Waals surface area contributed by atoms with Crippen molar-refractivity contribution < 1.29 is 0 Å². The van der Waals surface area contributed by atoms with E-state index in [4.69, 9.17) is 34.8 Å². The van der Waals surface area contributed by atoms with Gasteiger partial charge in [-0.1, -0.05) is 23.7 Å². The number of nitrogens with zero attached hydrogens (tertiary/aromatic N) is 2. The molecule has 7 heteroatoms. The largest absolute Gasteiger partial charge is 0.355 e. The molecule has 1 aromatic heterocycles. The normalized spacial score (nSPS) is 12.0. The van der Waals surface area contributed by atoms with Crippen LogP contribution in [0.5, 0.6) is 0 Å². The summed E-state index contributed by atoms with van der Waals surface area (Å²) in [5, 5.41) is 5.23. The Bertz CT molecular complexity index is 898. The summed E-state index contributed by atoms with van der Waals surface area (Å²) in [5.74, 6) is 1.18. The average Bonchev–Trinajstić information content (AvgIpc) is 2.67. The van der Waals surface area contributed by atoms with Gasteiger partial charge < -0.3 is 5.32 Å². The zero-order valence-corrected chi connectivity index (χ0v) is 18.6. The van der Waals surface area contributed by atoms with E-state index < -0.39 is 0 Å². The van der Waals surface area contributed by atoms with Gasteiger partial charge in [0.25, 0.3) is 0 Å². The van der Waals surface area contributed by atoms with Crippen molar-refractivity contribution >= 4 is 69.5 Å². The number of halogens is 4. The first-order valence-corrected chi connectivity index (χ1v) is 10.3. The van der Waals surface area contributed by atoms with E-state index in [0.29, 0.717) is 16.8 Å². The van der Waals surface area contributed by atoms with Gasteiger partial charge >= 0.3 is 0 Å². The number of nitrogens with one attached hydrogen (secondary N) is 1. The lowest BCUT2D eigenvalue weighted by Crippen LogP contribution is -2.30. The summed E-state index contributed by atoms with van der Waals surface area (Å²) in [7, 11) is 0. The molecule has 0 aliphatic carbocycles. The van der Waals surface area contributed by atoms with Gasteiger partial charge in [-0.15, -0.1) is 35.6 Å². The maximum absolute atomic E-state index is 6.08. The van der Waals surface area contributed by atoms with Gasteiger partial charge in [0.1, 0.15) is 0 Å². The van der Waals surface area contributed by atoms with E-state index in [1.54, 1.807) is 6.20 Å². The molecule has 3 aromatic rings. The van der Waals surface area contributed by atoms with Crippen LogP contribution in [0.4, 0.5) is 11.4 Å². The maximum Gasteiger partial charge on any atom is 0.0737 e. The Morgan fingerprint density at radius 2 is 1.79 bits per heavy atom. The number of anilines is 2. The molecule has 0 saturated heterocycles. The van der Waals surface area contributed by atoms with Crippen LogP contribution in [0.15, 0.2) is 54.7 Å². The fourth-order valence-electron chi connectivity index (χ4n) is 3.19. The van der Waals surface area contributed by atoms with Crippen molar-refractivity contribution in [2.75, 3.05) is 30.2 Å². The standard InChI is InChI=1S/C21H22Cl3N3.ClH/c1-15(27(11-8-22)12-9-23)16-3-2-4-18(13-16)26-20-7-10-25-21-14-17(24)5-6-19(20)21;/h2-7,10,13-15H,8-9,11-12H2,1H3,(H,25,26);1H. The molecule has 1 unspecified atom stereocenters.